The van der Waals surface area contributed by atoms with Crippen molar-refractivity contribution >= 4 is 23.5 Å². The van der Waals surface area contributed by atoms with E-state index in [0.29, 0.717) is 18.1 Å². The highest BCUT2D eigenvalue weighted by molar-refractivity contribution is 6.07. The monoisotopic (exact) mass is 479 g/mol. The fraction of sp³-hybridized carbons (Fsp3) is 0.269. The molecule has 0 fully saturated rings. The summed E-state index contributed by atoms with van der Waals surface area (Å²) in [6, 6.07) is 8.19. The summed E-state index contributed by atoms with van der Waals surface area (Å²) in [6.45, 7) is 5.68. The summed E-state index contributed by atoms with van der Waals surface area (Å²) < 4.78 is 36.0. The van der Waals surface area contributed by atoms with Gasteiger partial charge in [-0.1, -0.05) is 19.1 Å². The van der Waals surface area contributed by atoms with Crippen LogP contribution in [-0.4, -0.2) is 46.5 Å². The van der Waals surface area contributed by atoms with E-state index in [-0.39, 0.29) is 17.8 Å². The molecule has 9 heteroatoms. The summed E-state index contributed by atoms with van der Waals surface area (Å²) in [7, 11) is 1.60. The topological polar surface area (TPSA) is 63.0 Å². The normalized spacial score (nSPS) is 14.1. The molecular formula is C26H27F2N5O2. The van der Waals surface area contributed by atoms with Crippen molar-refractivity contribution in [2.24, 2.45) is 4.99 Å². The Morgan fingerprint density at radius 3 is 2.49 bits per heavy atom. The van der Waals surface area contributed by atoms with E-state index in [1.165, 1.54) is 19.1 Å². The Balaban J connectivity index is 1.65. The molecule has 1 amide bonds. The second kappa shape index (κ2) is 10.1. The predicted molar refractivity (Wildman–Crippen MR) is 132 cm³/mol. The summed E-state index contributed by atoms with van der Waals surface area (Å²) in [5.41, 5.74) is 2.77. The quantitative estimate of drug-likeness (QED) is 0.484. The summed E-state index contributed by atoms with van der Waals surface area (Å²) in [5, 5.41) is 3.33. The maximum atomic E-state index is 14.3. The van der Waals surface area contributed by atoms with E-state index in [2.05, 4.69) is 9.98 Å². The van der Waals surface area contributed by atoms with Crippen LogP contribution in [0.2, 0.25) is 0 Å². The zero-order valence-corrected chi connectivity index (χ0v) is 20.1. The summed E-state index contributed by atoms with van der Waals surface area (Å²) in [5.74, 6) is -0.684. The molecule has 0 N–H and O–H groups in total. The summed E-state index contributed by atoms with van der Waals surface area (Å²) in [4.78, 5) is 20.9. The van der Waals surface area contributed by atoms with Crippen LogP contribution in [-0.2, 0) is 4.79 Å². The first kappa shape index (κ1) is 24.1. The lowest BCUT2D eigenvalue weighted by Crippen LogP contribution is -2.52. The Labute approximate surface area is 202 Å². The zero-order chi connectivity index (χ0) is 25.1. The molecule has 0 unspecified atom stereocenters. The van der Waals surface area contributed by atoms with Gasteiger partial charge in [-0.05, 0) is 56.2 Å². The van der Waals surface area contributed by atoms with Crippen molar-refractivity contribution in [1.29, 1.82) is 0 Å². The third-order valence-corrected chi connectivity index (χ3v) is 5.70. The SMILES string of the molecule is CCCN1C(C=Cc2ccc(-n3cnc(C)c3)c(OC)c2)=NC(=O)CN1c1cc(F)c(C)c(F)c1. The number of carbonyl (C=O) groups excluding carboxylic acids is 1. The van der Waals surface area contributed by atoms with Crippen LogP contribution in [0.5, 0.6) is 5.75 Å². The maximum absolute atomic E-state index is 14.3. The molecule has 0 radical (unpaired) electrons. The van der Waals surface area contributed by atoms with E-state index >= 15 is 0 Å². The summed E-state index contributed by atoms with van der Waals surface area (Å²) in [6.07, 6.45) is 7.90. The molecule has 7 nitrogen and oxygen atoms in total. The van der Waals surface area contributed by atoms with E-state index in [4.69, 9.17) is 4.74 Å². The number of hydrogen-bond donors (Lipinski definition) is 0. The van der Waals surface area contributed by atoms with Crippen LogP contribution >= 0.6 is 0 Å². The molecule has 0 atom stereocenters. The number of amidine groups is 1. The molecular weight excluding hydrogens is 452 g/mol. The maximum Gasteiger partial charge on any atom is 0.269 e. The van der Waals surface area contributed by atoms with Crippen molar-refractivity contribution in [3.8, 4) is 11.4 Å². The van der Waals surface area contributed by atoms with Crippen molar-refractivity contribution in [3.63, 3.8) is 0 Å². The number of aliphatic imine (C=N–C) groups is 1. The molecule has 0 saturated heterocycles. The first-order chi connectivity index (χ1) is 16.8. The Morgan fingerprint density at radius 1 is 1.11 bits per heavy atom. The number of benzene rings is 2. The number of aromatic nitrogens is 2. The number of ether oxygens (including phenoxy) is 1. The van der Waals surface area contributed by atoms with Gasteiger partial charge in [-0.15, -0.1) is 0 Å². The lowest BCUT2D eigenvalue weighted by Gasteiger charge is -2.39. The van der Waals surface area contributed by atoms with Gasteiger partial charge in [0.2, 0.25) is 0 Å². The molecule has 0 aliphatic carbocycles. The Morgan fingerprint density at radius 2 is 1.86 bits per heavy atom. The number of halogens is 2. The molecule has 1 aliphatic rings. The number of imidazole rings is 1. The fourth-order valence-corrected chi connectivity index (χ4v) is 3.87. The van der Waals surface area contributed by atoms with E-state index < -0.39 is 17.5 Å². The van der Waals surface area contributed by atoms with E-state index in [1.54, 1.807) is 29.5 Å². The lowest BCUT2D eigenvalue weighted by atomic mass is 10.1. The Bertz CT molecular complexity index is 1290. The highest BCUT2D eigenvalue weighted by atomic mass is 19.1. The average Bonchev–Trinajstić information content (AvgIpc) is 3.27. The molecule has 3 aromatic rings. The van der Waals surface area contributed by atoms with Crippen molar-refractivity contribution in [2.75, 3.05) is 25.2 Å². The third kappa shape index (κ3) is 5.08. The smallest absolute Gasteiger partial charge is 0.269 e. The van der Waals surface area contributed by atoms with Crippen molar-refractivity contribution in [1.82, 2.24) is 14.6 Å². The van der Waals surface area contributed by atoms with Crippen LogP contribution in [0.1, 0.15) is 30.2 Å². The number of amides is 1. The standard InChI is InChI=1S/C26H27F2N5O2/c1-5-10-32-25(30-26(34)15-33(32)20-12-21(27)18(3)22(28)13-20)9-7-19-6-8-23(24(11-19)35-4)31-14-17(2)29-16-31/h6-9,11-14,16H,5,10,15H2,1-4H3. The van der Waals surface area contributed by atoms with Gasteiger partial charge in [0, 0.05) is 18.3 Å². The number of hydrazine groups is 1. The minimum Gasteiger partial charge on any atom is -0.495 e. The second-order valence-corrected chi connectivity index (χ2v) is 8.27. The number of rotatable bonds is 7. The Kier molecular flexibility index (Phi) is 6.95. The molecule has 0 spiro atoms. The van der Waals surface area contributed by atoms with Crippen molar-refractivity contribution in [3.05, 3.63) is 77.4 Å². The van der Waals surface area contributed by atoms with Crippen LogP contribution in [0.15, 0.2) is 53.9 Å². The first-order valence-electron chi connectivity index (χ1n) is 11.3. The predicted octanol–water partition coefficient (Wildman–Crippen LogP) is 4.86. The van der Waals surface area contributed by atoms with Gasteiger partial charge in [-0.3, -0.25) is 14.8 Å². The van der Waals surface area contributed by atoms with E-state index in [1.807, 2.05) is 48.9 Å². The molecule has 2 aromatic carbocycles. The van der Waals surface area contributed by atoms with Crippen LogP contribution in [0.3, 0.4) is 0 Å². The number of methoxy groups -OCH3 is 1. The molecule has 0 saturated carbocycles. The lowest BCUT2D eigenvalue weighted by molar-refractivity contribution is -0.117. The van der Waals surface area contributed by atoms with Crippen LogP contribution < -0.4 is 9.75 Å². The number of anilines is 1. The molecule has 1 aliphatic heterocycles. The van der Waals surface area contributed by atoms with Gasteiger partial charge in [0.1, 0.15) is 23.9 Å². The van der Waals surface area contributed by atoms with Gasteiger partial charge in [-0.25, -0.2) is 13.8 Å². The van der Waals surface area contributed by atoms with Gasteiger partial charge in [0.05, 0.1) is 30.5 Å². The highest BCUT2D eigenvalue weighted by Gasteiger charge is 2.27. The number of carbonyl (C=O) groups is 1. The van der Waals surface area contributed by atoms with Crippen LogP contribution in [0.25, 0.3) is 11.8 Å². The first-order valence-corrected chi connectivity index (χ1v) is 11.3. The van der Waals surface area contributed by atoms with Gasteiger partial charge >= 0.3 is 0 Å². The van der Waals surface area contributed by atoms with Gasteiger partial charge in [0.15, 0.2) is 5.84 Å². The van der Waals surface area contributed by atoms with Crippen LogP contribution in [0, 0.1) is 25.5 Å². The number of aryl methyl sites for hydroxylation is 1. The van der Waals surface area contributed by atoms with E-state index in [0.717, 1.165) is 23.4 Å². The molecule has 1 aromatic heterocycles. The molecule has 35 heavy (non-hydrogen) atoms. The summed E-state index contributed by atoms with van der Waals surface area (Å²) >= 11 is 0. The van der Waals surface area contributed by atoms with Gasteiger partial charge in [-0.2, -0.15) is 4.99 Å². The Hall–Kier alpha value is -4.01. The molecule has 4 rings (SSSR count). The second-order valence-electron chi connectivity index (χ2n) is 8.27. The fourth-order valence-electron chi connectivity index (χ4n) is 3.87. The van der Waals surface area contributed by atoms with Crippen molar-refractivity contribution in [2.45, 2.75) is 27.2 Å². The number of nitrogens with zero attached hydrogens (tertiary/aromatic N) is 5. The molecule has 0 bridgehead atoms. The highest BCUT2D eigenvalue weighted by Crippen LogP contribution is 2.27. The van der Waals surface area contributed by atoms with Crippen molar-refractivity contribution < 1.29 is 18.3 Å². The molecule has 2 heterocycles. The zero-order valence-electron chi connectivity index (χ0n) is 20.1. The van der Waals surface area contributed by atoms with E-state index in [9.17, 15) is 13.6 Å². The van der Waals surface area contributed by atoms with Gasteiger partial charge < -0.3 is 9.30 Å². The minimum absolute atomic E-state index is 0.0591. The average molecular weight is 480 g/mol. The van der Waals surface area contributed by atoms with Crippen LogP contribution in [0.4, 0.5) is 14.5 Å². The minimum atomic E-state index is -0.663. The largest absolute Gasteiger partial charge is 0.495 e. The number of hydrogen-bond acceptors (Lipinski definition) is 5. The molecule has 182 valence electrons. The van der Waals surface area contributed by atoms with Gasteiger partial charge in [0.25, 0.3) is 5.91 Å². The third-order valence-electron chi connectivity index (χ3n) is 5.70.